The van der Waals surface area contributed by atoms with Crippen LogP contribution in [-0.2, 0) is 4.79 Å². The van der Waals surface area contributed by atoms with E-state index in [4.69, 9.17) is 16.3 Å². The lowest BCUT2D eigenvalue weighted by atomic mass is 10.0. The smallest absolute Gasteiger partial charge is 0.277 e. The molecule has 0 unspecified atom stereocenters. The number of benzene rings is 2. The molecule has 1 amide bonds. The van der Waals surface area contributed by atoms with E-state index in [0.717, 1.165) is 16.7 Å². The normalized spacial score (nSPS) is 11.1. The molecule has 0 heterocycles. The van der Waals surface area contributed by atoms with Gasteiger partial charge in [0, 0.05) is 5.02 Å². The summed E-state index contributed by atoms with van der Waals surface area (Å²) in [6, 6.07) is 11.7. The molecule has 0 aliphatic heterocycles. The van der Waals surface area contributed by atoms with E-state index >= 15 is 0 Å². The van der Waals surface area contributed by atoms with E-state index in [2.05, 4.69) is 36.5 Å². The van der Waals surface area contributed by atoms with Crippen LogP contribution in [0.2, 0.25) is 5.02 Å². The summed E-state index contributed by atoms with van der Waals surface area (Å²) in [6.07, 6.45) is 1.61. The Morgan fingerprint density at radius 3 is 2.36 bits per heavy atom. The van der Waals surface area contributed by atoms with Crippen molar-refractivity contribution in [3.8, 4) is 5.75 Å². The topological polar surface area (TPSA) is 50.7 Å². The molecule has 5 heteroatoms. The Balaban J connectivity index is 1.84. The minimum atomic E-state index is -0.319. The molecule has 0 saturated heterocycles. The van der Waals surface area contributed by atoms with Crippen LogP contribution in [0.25, 0.3) is 0 Å². The summed E-state index contributed by atoms with van der Waals surface area (Å²) in [5.74, 6) is 0.783. The average Bonchev–Trinajstić information content (AvgIpc) is 2.58. The molecule has 0 radical (unpaired) electrons. The van der Waals surface area contributed by atoms with Crippen LogP contribution in [0.3, 0.4) is 0 Å². The molecule has 0 bridgehead atoms. The van der Waals surface area contributed by atoms with Gasteiger partial charge in [-0.3, -0.25) is 4.79 Å². The van der Waals surface area contributed by atoms with Crippen LogP contribution in [-0.4, -0.2) is 18.7 Å². The molecule has 0 fully saturated rings. The van der Waals surface area contributed by atoms with Gasteiger partial charge in [0.15, 0.2) is 6.61 Å². The number of carbonyl (C=O) groups is 1. The van der Waals surface area contributed by atoms with Crippen LogP contribution in [0.4, 0.5) is 0 Å². The predicted molar refractivity (Wildman–Crippen MR) is 103 cm³/mol. The number of halogens is 1. The maximum Gasteiger partial charge on any atom is 0.277 e. The van der Waals surface area contributed by atoms with Crippen molar-refractivity contribution in [2.24, 2.45) is 5.10 Å². The lowest BCUT2D eigenvalue weighted by Crippen LogP contribution is -2.24. The monoisotopic (exact) mass is 358 g/mol. The van der Waals surface area contributed by atoms with Crippen LogP contribution in [0.15, 0.2) is 41.5 Å². The minimum absolute atomic E-state index is 0.107. The van der Waals surface area contributed by atoms with Crippen LogP contribution in [0.1, 0.15) is 42.0 Å². The zero-order valence-corrected chi connectivity index (χ0v) is 15.7. The number of amides is 1. The molecule has 4 nitrogen and oxygen atoms in total. The molecule has 25 heavy (non-hydrogen) atoms. The second kappa shape index (κ2) is 8.67. The van der Waals surface area contributed by atoms with Crippen molar-refractivity contribution in [3.63, 3.8) is 0 Å². The van der Waals surface area contributed by atoms with Crippen molar-refractivity contribution >= 4 is 23.7 Å². The first-order chi connectivity index (χ1) is 11.9. The van der Waals surface area contributed by atoms with E-state index in [1.54, 1.807) is 6.21 Å². The molecular weight excluding hydrogens is 336 g/mol. The van der Waals surface area contributed by atoms with Gasteiger partial charge >= 0.3 is 0 Å². The standard InChI is InChI=1S/C20H23ClN2O2/c1-13(2)17-7-5-16(6-8-17)11-22-23-19(24)12-25-18-9-14(3)20(21)15(4)10-18/h5-11,13H,12H2,1-4H3,(H,23,24). The Morgan fingerprint density at radius 1 is 1.20 bits per heavy atom. The predicted octanol–water partition coefficient (Wildman–Crippen LogP) is 4.61. The first-order valence-electron chi connectivity index (χ1n) is 8.18. The summed E-state index contributed by atoms with van der Waals surface area (Å²) in [5.41, 5.74) is 6.48. The Kier molecular flexibility index (Phi) is 6.59. The summed E-state index contributed by atoms with van der Waals surface area (Å²) in [5, 5.41) is 4.66. The number of ether oxygens (including phenoxy) is 1. The molecule has 1 N–H and O–H groups in total. The quantitative estimate of drug-likeness (QED) is 0.605. The molecular formula is C20H23ClN2O2. The first-order valence-corrected chi connectivity index (χ1v) is 8.56. The minimum Gasteiger partial charge on any atom is -0.484 e. The molecule has 0 spiro atoms. The summed E-state index contributed by atoms with van der Waals surface area (Å²) in [6.45, 7) is 7.98. The highest BCUT2D eigenvalue weighted by Crippen LogP contribution is 2.25. The molecule has 0 aliphatic rings. The summed E-state index contributed by atoms with van der Waals surface area (Å²) in [7, 11) is 0. The lowest BCUT2D eigenvalue weighted by molar-refractivity contribution is -0.123. The fraction of sp³-hybridized carbons (Fsp3) is 0.300. The van der Waals surface area contributed by atoms with Gasteiger partial charge < -0.3 is 4.74 Å². The van der Waals surface area contributed by atoms with Gasteiger partial charge in [-0.2, -0.15) is 5.10 Å². The number of hydrazone groups is 1. The molecule has 2 aromatic rings. The van der Waals surface area contributed by atoms with Gasteiger partial charge in [-0.1, -0.05) is 49.7 Å². The fourth-order valence-electron chi connectivity index (χ4n) is 2.32. The number of carbonyl (C=O) groups excluding carboxylic acids is 1. The van der Waals surface area contributed by atoms with Crippen molar-refractivity contribution in [1.29, 1.82) is 0 Å². The second-order valence-electron chi connectivity index (χ2n) is 6.27. The van der Waals surface area contributed by atoms with E-state index < -0.39 is 0 Å². The van der Waals surface area contributed by atoms with Crippen LogP contribution < -0.4 is 10.2 Å². The van der Waals surface area contributed by atoms with Crippen molar-refractivity contribution in [2.45, 2.75) is 33.6 Å². The number of rotatable bonds is 6. The average molecular weight is 359 g/mol. The van der Waals surface area contributed by atoms with E-state index in [9.17, 15) is 4.79 Å². The Labute approximate surface area is 153 Å². The third-order valence-corrected chi connectivity index (χ3v) is 4.38. The molecule has 0 aromatic heterocycles. The van der Waals surface area contributed by atoms with Gasteiger partial charge in [0.1, 0.15) is 5.75 Å². The van der Waals surface area contributed by atoms with E-state index in [1.807, 2.05) is 38.1 Å². The highest BCUT2D eigenvalue weighted by molar-refractivity contribution is 6.32. The summed E-state index contributed by atoms with van der Waals surface area (Å²) in [4.78, 5) is 11.8. The van der Waals surface area contributed by atoms with E-state index in [1.165, 1.54) is 5.56 Å². The summed E-state index contributed by atoms with van der Waals surface area (Å²) >= 11 is 6.11. The molecule has 2 aromatic carbocycles. The van der Waals surface area contributed by atoms with Crippen molar-refractivity contribution in [1.82, 2.24) is 5.43 Å². The third kappa shape index (κ3) is 5.61. The molecule has 0 saturated carbocycles. The van der Waals surface area contributed by atoms with Gasteiger partial charge in [-0.25, -0.2) is 5.43 Å². The lowest BCUT2D eigenvalue weighted by Gasteiger charge is -2.09. The van der Waals surface area contributed by atoms with Crippen LogP contribution in [0, 0.1) is 13.8 Å². The molecule has 2 rings (SSSR count). The second-order valence-corrected chi connectivity index (χ2v) is 6.65. The number of aryl methyl sites for hydroxylation is 2. The maximum atomic E-state index is 11.8. The number of nitrogens with zero attached hydrogens (tertiary/aromatic N) is 1. The number of hydrogen-bond donors (Lipinski definition) is 1. The third-order valence-electron chi connectivity index (χ3n) is 3.79. The Bertz CT molecular complexity index is 745. The highest BCUT2D eigenvalue weighted by Gasteiger charge is 2.06. The fourth-order valence-corrected chi connectivity index (χ4v) is 2.43. The van der Waals surface area contributed by atoms with Crippen molar-refractivity contribution in [3.05, 3.63) is 63.7 Å². The highest BCUT2D eigenvalue weighted by atomic mass is 35.5. The zero-order valence-electron chi connectivity index (χ0n) is 15.0. The zero-order chi connectivity index (χ0) is 18.4. The van der Waals surface area contributed by atoms with E-state index in [-0.39, 0.29) is 12.5 Å². The summed E-state index contributed by atoms with van der Waals surface area (Å²) < 4.78 is 5.48. The first kappa shape index (κ1) is 19.0. The van der Waals surface area contributed by atoms with Gasteiger partial charge in [-0.15, -0.1) is 0 Å². The van der Waals surface area contributed by atoms with Gasteiger partial charge in [0.25, 0.3) is 5.91 Å². The Morgan fingerprint density at radius 2 is 1.80 bits per heavy atom. The van der Waals surface area contributed by atoms with Gasteiger partial charge in [0.2, 0.25) is 0 Å². The maximum absolute atomic E-state index is 11.8. The van der Waals surface area contributed by atoms with Crippen LogP contribution in [0.5, 0.6) is 5.75 Å². The van der Waals surface area contributed by atoms with E-state index in [0.29, 0.717) is 16.7 Å². The number of nitrogens with one attached hydrogen (secondary N) is 1. The molecule has 0 atom stereocenters. The molecule has 0 aliphatic carbocycles. The van der Waals surface area contributed by atoms with Crippen LogP contribution >= 0.6 is 11.6 Å². The number of hydrogen-bond acceptors (Lipinski definition) is 3. The SMILES string of the molecule is Cc1cc(OCC(=O)NN=Cc2ccc(C(C)C)cc2)cc(C)c1Cl. The Hall–Kier alpha value is -2.33. The van der Waals surface area contributed by atoms with Crippen molar-refractivity contribution in [2.75, 3.05) is 6.61 Å². The van der Waals surface area contributed by atoms with Crippen molar-refractivity contribution < 1.29 is 9.53 Å². The largest absolute Gasteiger partial charge is 0.484 e. The van der Waals surface area contributed by atoms with Gasteiger partial charge in [-0.05, 0) is 54.2 Å². The molecule has 132 valence electrons. The van der Waals surface area contributed by atoms with Gasteiger partial charge in [0.05, 0.1) is 6.21 Å².